The highest BCUT2D eigenvalue weighted by molar-refractivity contribution is 7.94. The molecule has 0 spiro atoms. The highest BCUT2D eigenvalue weighted by atomic mass is 32.2. The molecule has 120 valence electrons. The molecule has 6 nitrogen and oxygen atoms in total. The van der Waals surface area contributed by atoms with Crippen molar-refractivity contribution in [2.24, 2.45) is 0 Å². The number of nitrogens with one attached hydrogen (secondary N) is 1. The van der Waals surface area contributed by atoms with Gasteiger partial charge in [-0.3, -0.25) is 4.72 Å². The Morgan fingerprint density at radius 3 is 2.65 bits per heavy atom. The van der Waals surface area contributed by atoms with E-state index in [1.54, 1.807) is 13.0 Å². The summed E-state index contributed by atoms with van der Waals surface area (Å²) in [7, 11) is -2.47. The van der Waals surface area contributed by atoms with E-state index < -0.39 is 16.0 Å². The van der Waals surface area contributed by atoms with Gasteiger partial charge in [0.25, 0.3) is 10.0 Å². The van der Waals surface area contributed by atoms with Gasteiger partial charge in [0.1, 0.15) is 9.96 Å². The van der Waals surface area contributed by atoms with Crippen LogP contribution in [0.1, 0.15) is 22.2 Å². The Bertz CT molecular complexity index is 903. The number of rotatable bonds is 5. The van der Waals surface area contributed by atoms with Crippen molar-refractivity contribution in [3.8, 4) is 17.6 Å². The van der Waals surface area contributed by atoms with Crippen LogP contribution < -0.4 is 9.46 Å². The predicted molar refractivity (Wildman–Crippen MR) is 87.6 cm³/mol. The van der Waals surface area contributed by atoms with Crippen molar-refractivity contribution >= 4 is 33.0 Å². The molecule has 0 fully saturated rings. The molecule has 0 aliphatic rings. The monoisotopic (exact) mass is 351 g/mol. The number of hydrogen-bond acceptors (Lipinski definition) is 5. The van der Waals surface area contributed by atoms with E-state index in [-0.39, 0.29) is 21.2 Å². The van der Waals surface area contributed by atoms with Crippen LogP contribution in [0.3, 0.4) is 0 Å². The largest absolute Gasteiger partial charge is 0.495 e. The first-order chi connectivity index (χ1) is 10.9. The van der Waals surface area contributed by atoms with E-state index in [1.165, 1.54) is 31.4 Å². The predicted octanol–water partition coefficient (Wildman–Crippen LogP) is 2.63. The van der Waals surface area contributed by atoms with Crippen molar-refractivity contribution in [3.05, 3.63) is 40.8 Å². The molecule has 0 saturated carbocycles. The van der Waals surface area contributed by atoms with E-state index in [0.29, 0.717) is 4.88 Å². The first kappa shape index (κ1) is 16.9. The SMILES string of the molecule is CC#Cc1ccc(S(=O)(=O)Nc2ccc(C(=O)O)cc2OC)s1. The van der Waals surface area contributed by atoms with Gasteiger partial charge in [0.05, 0.1) is 23.2 Å². The Kier molecular flexibility index (Phi) is 4.93. The number of sulfonamides is 1. The minimum atomic E-state index is -3.80. The molecular formula is C15H13NO5S2. The zero-order valence-corrected chi connectivity index (χ0v) is 13.9. The lowest BCUT2D eigenvalue weighted by Gasteiger charge is -2.11. The van der Waals surface area contributed by atoms with Crippen LogP contribution in [0.25, 0.3) is 0 Å². The van der Waals surface area contributed by atoms with Gasteiger partial charge in [-0.15, -0.1) is 17.3 Å². The third-order valence-corrected chi connectivity index (χ3v) is 5.65. The van der Waals surface area contributed by atoms with Crippen LogP contribution in [0.5, 0.6) is 5.75 Å². The highest BCUT2D eigenvalue weighted by Gasteiger charge is 2.19. The maximum Gasteiger partial charge on any atom is 0.335 e. The van der Waals surface area contributed by atoms with Gasteiger partial charge in [-0.25, -0.2) is 13.2 Å². The molecule has 0 aliphatic heterocycles. The van der Waals surface area contributed by atoms with Crippen molar-refractivity contribution in [3.63, 3.8) is 0 Å². The van der Waals surface area contributed by atoms with E-state index in [0.717, 1.165) is 11.3 Å². The lowest BCUT2D eigenvalue weighted by molar-refractivity contribution is 0.0696. The van der Waals surface area contributed by atoms with E-state index in [1.807, 2.05) is 0 Å². The topological polar surface area (TPSA) is 92.7 Å². The summed E-state index contributed by atoms with van der Waals surface area (Å²) < 4.78 is 32.3. The Labute approximate surface area is 137 Å². The Balaban J connectivity index is 2.35. The normalized spacial score (nSPS) is 10.5. The summed E-state index contributed by atoms with van der Waals surface area (Å²) in [6, 6.07) is 6.99. The maximum atomic E-state index is 12.4. The molecule has 1 aromatic heterocycles. The molecule has 0 radical (unpaired) electrons. The quantitative estimate of drug-likeness (QED) is 0.808. The minimum absolute atomic E-state index is 0.00132. The molecule has 0 saturated heterocycles. The lowest BCUT2D eigenvalue weighted by atomic mass is 10.2. The summed E-state index contributed by atoms with van der Waals surface area (Å²) in [5.41, 5.74) is 0.162. The molecule has 0 unspecified atom stereocenters. The first-order valence-electron chi connectivity index (χ1n) is 6.34. The second-order valence-corrected chi connectivity index (χ2v) is 7.31. The summed E-state index contributed by atoms with van der Waals surface area (Å²) in [5, 5.41) is 8.95. The zero-order valence-electron chi connectivity index (χ0n) is 12.3. The molecule has 0 atom stereocenters. The van der Waals surface area contributed by atoms with Gasteiger partial charge >= 0.3 is 5.97 Å². The number of carbonyl (C=O) groups is 1. The molecule has 8 heteroatoms. The Morgan fingerprint density at radius 2 is 2.04 bits per heavy atom. The molecule has 23 heavy (non-hydrogen) atoms. The van der Waals surface area contributed by atoms with Gasteiger partial charge in [0.2, 0.25) is 0 Å². The number of anilines is 1. The highest BCUT2D eigenvalue weighted by Crippen LogP contribution is 2.30. The van der Waals surface area contributed by atoms with E-state index >= 15 is 0 Å². The molecule has 1 heterocycles. The third kappa shape index (κ3) is 3.83. The van der Waals surface area contributed by atoms with Crippen LogP contribution in [0.4, 0.5) is 5.69 Å². The average Bonchev–Trinajstić information content (AvgIpc) is 2.97. The summed E-state index contributed by atoms with van der Waals surface area (Å²) in [6.45, 7) is 1.67. The molecule has 0 amide bonds. The van der Waals surface area contributed by atoms with Crippen LogP contribution in [0, 0.1) is 11.8 Å². The first-order valence-corrected chi connectivity index (χ1v) is 8.64. The fraction of sp³-hybridized carbons (Fsp3) is 0.133. The van der Waals surface area contributed by atoms with Crippen molar-refractivity contribution in [2.45, 2.75) is 11.1 Å². The molecule has 1 aromatic carbocycles. The number of aromatic carboxylic acids is 1. The van der Waals surface area contributed by atoms with E-state index in [4.69, 9.17) is 9.84 Å². The number of thiophene rings is 1. The van der Waals surface area contributed by atoms with Crippen molar-refractivity contribution in [2.75, 3.05) is 11.8 Å². The Hall–Kier alpha value is -2.50. The Morgan fingerprint density at radius 1 is 1.30 bits per heavy atom. The van der Waals surface area contributed by atoms with E-state index in [2.05, 4.69) is 16.6 Å². The number of methoxy groups -OCH3 is 1. The lowest BCUT2D eigenvalue weighted by Crippen LogP contribution is -2.12. The minimum Gasteiger partial charge on any atom is -0.495 e. The van der Waals surface area contributed by atoms with Crippen LogP contribution >= 0.6 is 11.3 Å². The summed E-state index contributed by atoms with van der Waals surface area (Å²) in [6.07, 6.45) is 0. The van der Waals surface area contributed by atoms with Crippen LogP contribution in [-0.2, 0) is 10.0 Å². The van der Waals surface area contributed by atoms with Gasteiger partial charge in [-0.05, 0) is 37.3 Å². The fourth-order valence-corrected chi connectivity index (χ4v) is 4.04. The maximum absolute atomic E-state index is 12.4. The average molecular weight is 351 g/mol. The number of carboxylic acid groups (broad SMARTS) is 1. The van der Waals surface area contributed by atoms with Gasteiger partial charge in [0, 0.05) is 0 Å². The van der Waals surface area contributed by atoms with Crippen LogP contribution in [-0.4, -0.2) is 26.6 Å². The number of carboxylic acids is 1. The summed E-state index contributed by atoms with van der Waals surface area (Å²) in [5.74, 6) is 4.49. The summed E-state index contributed by atoms with van der Waals surface area (Å²) in [4.78, 5) is 11.6. The van der Waals surface area contributed by atoms with Gasteiger partial charge < -0.3 is 9.84 Å². The third-order valence-electron chi connectivity index (χ3n) is 2.79. The number of ether oxygens (including phenoxy) is 1. The standard InChI is InChI=1S/C15H13NO5S2/c1-3-4-11-6-8-14(22-11)23(19,20)16-12-7-5-10(15(17)18)9-13(12)21-2/h5-9,16H,1-2H3,(H,17,18). The van der Waals surface area contributed by atoms with Crippen molar-refractivity contribution in [1.82, 2.24) is 0 Å². The molecule has 2 aromatic rings. The molecule has 2 N–H and O–H groups in total. The van der Waals surface area contributed by atoms with E-state index in [9.17, 15) is 13.2 Å². The van der Waals surface area contributed by atoms with Crippen LogP contribution in [0.15, 0.2) is 34.5 Å². The van der Waals surface area contributed by atoms with Crippen molar-refractivity contribution < 1.29 is 23.1 Å². The molecule has 0 bridgehead atoms. The van der Waals surface area contributed by atoms with Crippen LogP contribution in [0.2, 0.25) is 0 Å². The molecule has 0 aliphatic carbocycles. The second kappa shape index (κ2) is 6.73. The number of hydrogen-bond donors (Lipinski definition) is 2. The van der Waals surface area contributed by atoms with Crippen molar-refractivity contribution in [1.29, 1.82) is 0 Å². The number of benzene rings is 1. The second-order valence-electron chi connectivity index (χ2n) is 4.32. The van der Waals surface area contributed by atoms with Gasteiger partial charge in [-0.1, -0.05) is 5.92 Å². The zero-order chi connectivity index (χ0) is 17.0. The fourth-order valence-electron chi connectivity index (χ4n) is 1.76. The summed E-state index contributed by atoms with van der Waals surface area (Å²) >= 11 is 1.05. The molecule has 2 rings (SSSR count). The van der Waals surface area contributed by atoms with Gasteiger partial charge in [0.15, 0.2) is 0 Å². The molecular weight excluding hydrogens is 338 g/mol. The smallest absolute Gasteiger partial charge is 0.335 e. The van der Waals surface area contributed by atoms with Gasteiger partial charge in [-0.2, -0.15) is 0 Å².